The van der Waals surface area contributed by atoms with Crippen LogP contribution in [0.2, 0.25) is 0 Å². The topological polar surface area (TPSA) is 85.6 Å². The third-order valence-corrected chi connectivity index (χ3v) is 4.97. The van der Waals surface area contributed by atoms with E-state index in [2.05, 4.69) is 25.4 Å². The minimum atomic E-state index is -3.07. The van der Waals surface area contributed by atoms with Crippen molar-refractivity contribution in [3.63, 3.8) is 0 Å². The lowest BCUT2D eigenvalue weighted by Gasteiger charge is -2.11. The van der Waals surface area contributed by atoms with Crippen LogP contribution in [-0.4, -0.2) is 30.6 Å². The predicted octanol–water partition coefficient (Wildman–Crippen LogP) is 4.16. The predicted molar refractivity (Wildman–Crippen MR) is 120 cm³/mol. The van der Waals surface area contributed by atoms with Gasteiger partial charge in [-0.05, 0) is 28.8 Å². The molecule has 0 saturated carbocycles. The number of nitrogens with zero attached hydrogens (tertiary/aromatic N) is 5. The first-order valence-electron chi connectivity index (χ1n) is 10.3. The average Bonchev–Trinajstić information content (AvgIpc) is 3.19. The van der Waals surface area contributed by atoms with Crippen molar-refractivity contribution in [3.8, 4) is 11.1 Å². The highest BCUT2D eigenvalue weighted by Crippen LogP contribution is 2.26. The summed E-state index contributed by atoms with van der Waals surface area (Å²) in [6.07, 6.45) is 9.23. The maximum Gasteiger partial charge on any atom is 0.287 e. The van der Waals surface area contributed by atoms with Crippen LogP contribution in [0.4, 0.5) is 14.5 Å². The van der Waals surface area contributed by atoms with E-state index in [1.54, 1.807) is 23.3 Å². The molecule has 168 valence electrons. The number of halogens is 2. The van der Waals surface area contributed by atoms with Gasteiger partial charge in [0.15, 0.2) is 0 Å². The minimum Gasteiger partial charge on any atom is -0.326 e. The second kappa shape index (κ2) is 9.23. The number of amides is 1. The normalized spacial score (nSPS) is 11.4. The molecule has 1 amide bonds. The molecule has 4 aromatic rings. The van der Waals surface area contributed by atoms with Gasteiger partial charge in [0.25, 0.3) is 5.92 Å². The van der Waals surface area contributed by atoms with Crippen molar-refractivity contribution in [2.75, 3.05) is 5.32 Å². The van der Waals surface area contributed by atoms with Crippen molar-refractivity contribution in [2.24, 2.45) is 7.05 Å². The summed E-state index contributed by atoms with van der Waals surface area (Å²) >= 11 is 0. The van der Waals surface area contributed by atoms with Crippen LogP contribution in [0.5, 0.6) is 0 Å². The van der Waals surface area contributed by atoms with E-state index >= 15 is 0 Å². The lowest BCUT2D eigenvalue weighted by atomic mass is 10.0. The summed E-state index contributed by atoms with van der Waals surface area (Å²) in [6.45, 7) is 0.766. The van der Waals surface area contributed by atoms with Gasteiger partial charge in [0, 0.05) is 56.4 Å². The van der Waals surface area contributed by atoms with Crippen molar-refractivity contribution in [1.29, 1.82) is 0 Å². The Labute approximate surface area is 189 Å². The van der Waals surface area contributed by atoms with E-state index in [0.29, 0.717) is 12.2 Å². The number of carbonyl (C=O) groups excluding carboxylic acids is 1. The zero-order valence-electron chi connectivity index (χ0n) is 18.2. The summed E-state index contributed by atoms with van der Waals surface area (Å²) in [5.41, 5.74) is 3.52. The molecule has 3 heterocycles. The number of anilines is 1. The Hall–Kier alpha value is -4.01. The number of nitrogens with one attached hydrogen (secondary N) is 1. The lowest BCUT2D eigenvalue weighted by molar-refractivity contribution is -0.115. The Balaban J connectivity index is 1.36. The highest BCUT2D eigenvalue weighted by molar-refractivity contribution is 5.92. The van der Waals surface area contributed by atoms with Crippen molar-refractivity contribution in [1.82, 2.24) is 24.7 Å². The highest BCUT2D eigenvalue weighted by Gasteiger charge is 2.26. The molecule has 0 bridgehead atoms. The largest absolute Gasteiger partial charge is 0.326 e. The summed E-state index contributed by atoms with van der Waals surface area (Å²) < 4.78 is 28.6. The minimum absolute atomic E-state index is 0.112. The molecular formula is C24H22F2N6O. The van der Waals surface area contributed by atoms with Crippen LogP contribution in [0.3, 0.4) is 0 Å². The van der Waals surface area contributed by atoms with E-state index in [0.717, 1.165) is 29.2 Å². The van der Waals surface area contributed by atoms with E-state index in [1.807, 2.05) is 37.5 Å². The van der Waals surface area contributed by atoms with E-state index in [-0.39, 0.29) is 18.0 Å². The third kappa shape index (κ3) is 5.82. The van der Waals surface area contributed by atoms with Crippen molar-refractivity contribution in [2.45, 2.75) is 25.7 Å². The summed E-state index contributed by atoms with van der Waals surface area (Å²) in [6, 6.07) is 10.1. The molecule has 0 saturated heterocycles. The molecule has 0 aliphatic carbocycles. The maximum absolute atomic E-state index is 13.4. The smallest absolute Gasteiger partial charge is 0.287 e. The number of rotatable bonds is 7. The van der Waals surface area contributed by atoms with Gasteiger partial charge in [-0.25, -0.2) is 9.97 Å². The Morgan fingerprint density at radius 2 is 1.73 bits per heavy atom. The Morgan fingerprint density at radius 3 is 2.36 bits per heavy atom. The summed E-state index contributed by atoms with van der Waals surface area (Å²) in [4.78, 5) is 24.9. The summed E-state index contributed by atoms with van der Waals surface area (Å²) in [5.74, 6) is -2.67. The van der Waals surface area contributed by atoms with Gasteiger partial charge in [0.1, 0.15) is 11.5 Å². The number of hydrogen-bond donors (Lipinski definition) is 1. The number of benzene rings is 1. The molecule has 1 N–H and O–H groups in total. The van der Waals surface area contributed by atoms with E-state index in [1.165, 1.54) is 18.3 Å². The molecule has 0 fully saturated rings. The van der Waals surface area contributed by atoms with Gasteiger partial charge in [-0.3, -0.25) is 14.5 Å². The van der Waals surface area contributed by atoms with E-state index < -0.39 is 11.6 Å². The monoisotopic (exact) mass is 448 g/mol. The highest BCUT2D eigenvalue weighted by atomic mass is 19.3. The van der Waals surface area contributed by atoms with Crippen LogP contribution in [0.15, 0.2) is 67.4 Å². The van der Waals surface area contributed by atoms with Crippen LogP contribution in [0.1, 0.15) is 29.6 Å². The van der Waals surface area contributed by atoms with Gasteiger partial charge in [-0.1, -0.05) is 24.3 Å². The fraction of sp³-hybridized carbons (Fsp3) is 0.208. The second-order valence-electron chi connectivity index (χ2n) is 7.83. The first-order valence-corrected chi connectivity index (χ1v) is 10.3. The SMILES string of the molecule is Cn1cc(Cc2ncc(-c3ccc(CC(=O)Nc4ccnc(C(C)(F)F)c4)cc3)cn2)cn1. The fourth-order valence-corrected chi connectivity index (χ4v) is 3.29. The number of alkyl halides is 2. The molecule has 0 aliphatic rings. The Bertz CT molecular complexity index is 1250. The molecule has 0 radical (unpaired) electrons. The molecule has 3 aromatic heterocycles. The van der Waals surface area contributed by atoms with Crippen LogP contribution < -0.4 is 5.32 Å². The average molecular weight is 448 g/mol. The van der Waals surface area contributed by atoms with Crippen LogP contribution in [-0.2, 0) is 30.6 Å². The van der Waals surface area contributed by atoms with Gasteiger partial charge in [0.05, 0.1) is 12.6 Å². The maximum atomic E-state index is 13.4. The zero-order chi connectivity index (χ0) is 23.4. The van der Waals surface area contributed by atoms with Gasteiger partial charge < -0.3 is 5.32 Å². The molecule has 0 spiro atoms. The number of aryl methyl sites for hydroxylation is 1. The van der Waals surface area contributed by atoms with Crippen LogP contribution in [0.25, 0.3) is 11.1 Å². The number of pyridine rings is 1. The van der Waals surface area contributed by atoms with Gasteiger partial charge in [0.2, 0.25) is 5.91 Å². The first-order chi connectivity index (χ1) is 15.8. The van der Waals surface area contributed by atoms with Crippen molar-refractivity contribution < 1.29 is 13.6 Å². The van der Waals surface area contributed by atoms with Crippen LogP contribution >= 0.6 is 0 Å². The molecule has 9 heteroatoms. The first kappa shape index (κ1) is 22.2. The van der Waals surface area contributed by atoms with Gasteiger partial charge >= 0.3 is 0 Å². The number of hydrogen-bond acceptors (Lipinski definition) is 5. The number of carbonyl (C=O) groups is 1. The summed E-state index contributed by atoms with van der Waals surface area (Å²) in [5, 5.41) is 6.78. The quantitative estimate of drug-likeness (QED) is 0.459. The van der Waals surface area contributed by atoms with E-state index in [9.17, 15) is 13.6 Å². The molecule has 7 nitrogen and oxygen atoms in total. The molecule has 0 aliphatic heterocycles. The fourth-order valence-electron chi connectivity index (χ4n) is 3.29. The Morgan fingerprint density at radius 1 is 1.00 bits per heavy atom. The summed E-state index contributed by atoms with van der Waals surface area (Å²) in [7, 11) is 1.86. The standard InChI is InChI=1S/C24H22F2N6O/c1-24(25,26)21-11-20(7-8-27-21)31-23(33)10-16-3-5-18(6-4-16)19-13-28-22(29-14-19)9-17-12-30-32(2)15-17/h3-8,11-15H,9-10H2,1-2H3,(H,27,31,33). The third-order valence-electron chi connectivity index (χ3n) is 4.97. The molecule has 0 unspecified atom stereocenters. The molecular weight excluding hydrogens is 426 g/mol. The lowest BCUT2D eigenvalue weighted by Crippen LogP contribution is -2.16. The zero-order valence-corrected chi connectivity index (χ0v) is 18.2. The van der Waals surface area contributed by atoms with Crippen molar-refractivity contribution in [3.05, 3.63) is 90.0 Å². The Kier molecular flexibility index (Phi) is 6.21. The van der Waals surface area contributed by atoms with E-state index in [4.69, 9.17) is 0 Å². The van der Waals surface area contributed by atoms with Crippen LogP contribution in [0, 0.1) is 0 Å². The molecule has 1 aromatic carbocycles. The second-order valence-corrected chi connectivity index (χ2v) is 7.83. The molecule has 33 heavy (non-hydrogen) atoms. The van der Waals surface area contributed by atoms with Gasteiger partial charge in [-0.15, -0.1) is 0 Å². The molecule has 4 rings (SSSR count). The number of aromatic nitrogens is 5. The van der Waals surface area contributed by atoms with Gasteiger partial charge in [-0.2, -0.15) is 13.9 Å². The molecule has 0 atom stereocenters. The van der Waals surface area contributed by atoms with Crippen molar-refractivity contribution >= 4 is 11.6 Å².